The number of benzene rings is 1. The van der Waals surface area contributed by atoms with Gasteiger partial charge in [-0.25, -0.2) is 4.79 Å². The van der Waals surface area contributed by atoms with Crippen LogP contribution in [-0.4, -0.2) is 24.8 Å². The van der Waals surface area contributed by atoms with Crippen molar-refractivity contribution in [1.82, 2.24) is 0 Å². The van der Waals surface area contributed by atoms with Crippen molar-refractivity contribution < 1.29 is 23.8 Å². The minimum absolute atomic E-state index is 0.196. The van der Waals surface area contributed by atoms with E-state index < -0.39 is 12.3 Å². The van der Waals surface area contributed by atoms with Crippen LogP contribution in [0.4, 0.5) is 0 Å². The van der Waals surface area contributed by atoms with Gasteiger partial charge in [0.05, 0.1) is 6.42 Å². The number of cyclic esters (lactones) is 1. The van der Waals surface area contributed by atoms with Crippen LogP contribution in [0.1, 0.15) is 12.8 Å². The highest BCUT2D eigenvalue weighted by Crippen LogP contribution is 2.15. The smallest absolute Gasteiger partial charge is 0.347 e. The van der Waals surface area contributed by atoms with E-state index >= 15 is 0 Å². The molecule has 90 valence electrons. The molecule has 1 saturated heterocycles. The van der Waals surface area contributed by atoms with Crippen LogP contribution in [0.3, 0.4) is 0 Å². The first kappa shape index (κ1) is 11.4. The summed E-state index contributed by atoms with van der Waals surface area (Å²) in [6.45, 7) is -0.196. The van der Waals surface area contributed by atoms with Crippen molar-refractivity contribution in [2.45, 2.75) is 19.1 Å². The van der Waals surface area contributed by atoms with E-state index in [4.69, 9.17) is 14.2 Å². The Hall–Kier alpha value is -2.04. The summed E-state index contributed by atoms with van der Waals surface area (Å²) in [5.74, 6) is -0.298. The zero-order valence-electron chi connectivity index (χ0n) is 9.13. The van der Waals surface area contributed by atoms with Gasteiger partial charge in [0, 0.05) is 6.42 Å². The fourth-order valence-electron chi connectivity index (χ4n) is 1.42. The standard InChI is InChI=1S/C12H12O5/c13-10-6-7-12(16-10)17-11(14)8-15-9-4-2-1-3-5-9/h1-5,12H,6-8H2. The summed E-state index contributed by atoms with van der Waals surface area (Å²) in [4.78, 5) is 22.1. The molecular weight excluding hydrogens is 224 g/mol. The van der Waals surface area contributed by atoms with E-state index in [0.29, 0.717) is 12.2 Å². The molecule has 1 aliphatic rings. The van der Waals surface area contributed by atoms with Crippen molar-refractivity contribution in [1.29, 1.82) is 0 Å². The Balaban J connectivity index is 1.73. The molecular formula is C12H12O5. The van der Waals surface area contributed by atoms with Crippen molar-refractivity contribution in [3.05, 3.63) is 30.3 Å². The Morgan fingerprint density at radius 1 is 1.35 bits per heavy atom. The highest BCUT2D eigenvalue weighted by Gasteiger charge is 2.26. The van der Waals surface area contributed by atoms with Gasteiger partial charge in [-0.3, -0.25) is 4.79 Å². The predicted molar refractivity (Wildman–Crippen MR) is 57.1 cm³/mol. The second-order valence-electron chi connectivity index (χ2n) is 3.55. The third-order valence-corrected chi connectivity index (χ3v) is 2.21. The monoisotopic (exact) mass is 236 g/mol. The molecule has 1 unspecified atom stereocenters. The summed E-state index contributed by atoms with van der Waals surface area (Å²) < 4.78 is 14.8. The quantitative estimate of drug-likeness (QED) is 0.737. The molecule has 0 spiro atoms. The van der Waals surface area contributed by atoms with Gasteiger partial charge in [0.15, 0.2) is 6.61 Å². The zero-order valence-corrected chi connectivity index (χ0v) is 9.13. The van der Waals surface area contributed by atoms with E-state index in [1.165, 1.54) is 0 Å². The van der Waals surface area contributed by atoms with E-state index in [1.54, 1.807) is 24.3 Å². The number of ether oxygens (including phenoxy) is 3. The molecule has 1 fully saturated rings. The first-order valence-electron chi connectivity index (χ1n) is 5.31. The van der Waals surface area contributed by atoms with Crippen LogP contribution >= 0.6 is 0 Å². The van der Waals surface area contributed by atoms with Crippen LogP contribution in [0.15, 0.2) is 30.3 Å². The molecule has 2 rings (SSSR count). The lowest BCUT2D eigenvalue weighted by atomic mass is 10.3. The summed E-state index contributed by atoms with van der Waals surface area (Å²) >= 11 is 0. The highest BCUT2D eigenvalue weighted by molar-refractivity contribution is 5.73. The number of carbonyl (C=O) groups excluding carboxylic acids is 2. The maximum atomic E-state index is 11.3. The minimum Gasteiger partial charge on any atom is -0.482 e. The average molecular weight is 236 g/mol. The lowest BCUT2D eigenvalue weighted by Gasteiger charge is -2.11. The van der Waals surface area contributed by atoms with Crippen LogP contribution in [0, 0.1) is 0 Å². The van der Waals surface area contributed by atoms with E-state index in [1.807, 2.05) is 6.07 Å². The van der Waals surface area contributed by atoms with E-state index in [-0.39, 0.29) is 19.0 Å². The second-order valence-corrected chi connectivity index (χ2v) is 3.55. The Morgan fingerprint density at radius 2 is 2.12 bits per heavy atom. The SMILES string of the molecule is O=C1CCC(OC(=O)COc2ccccc2)O1. The molecule has 1 aliphatic heterocycles. The van der Waals surface area contributed by atoms with Crippen molar-refractivity contribution in [2.75, 3.05) is 6.61 Å². The van der Waals surface area contributed by atoms with Gasteiger partial charge in [0.2, 0.25) is 6.29 Å². The number of rotatable bonds is 4. The van der Waals surface area contributed by atoms with E-state index in [2.05, 4.69) is 0 Å². The van der Waals surface area contributed by atoms with Crippen LogP contribution in [0.5, 0.6) is 5.75 Å². The van der Waals surface area contributed by atoms with Crippen LogP contribution < -0.4 is 4.74 Å². The van der Waals surface area contributed by atoms with E-state index in [9.17, 15) is 9.59 Å². The summed E-state index contributed by atoms with van der Waals surface area (Å²) in [7, 11) is 0. The summed E-state index contributed by atoms with van der Waals surface area (Å²) in [6, 6.07) is 8.94. The molecule has 0 N–H and O–H groups in total. The van der Waals surface area contributed by atoms with Crippen molar-refractivity contribution in [2.24, 2.45) is 0 Å². The van der Waals surface area contributed by atoms with Crippen molar-refractivity contribution in [3.8, 4) is 5.75 Å². The molecule has 1 aromatic rings. The van der Waals surface area contributed by atoms with Crippen molar-refractivity contribution >= 4 is 11.9 Å². The van der Waals surface area contributed by atoms with Crippen molar-refractivity contribution in [3.63, 3.8) is 0 Å². The third-order valence-electron chi connectivity index (χ3n) is 2.21. The fraction of sp³-hybridized carbons (Fsp3) is 0.333. The Labute approximate surface area is 98.3 Å². The maximum Gasteiger partial charge on any atom is 0.347 e. The minimum atomic E-state index is -0.755. The zero-order chi connectivity index (χ0) is 12.1. The maximum absolute atomic E-state index is 11.3. The number of esters is 2. The molecule has 17 heavy (non-hydrogen) atoms. The Morgan fingerprint density at radius 3 is 2.76 bits per heavy atom. The predicted octanol–water partition coefficient (Wildman–Crippen LogP) is 1.27. The van der Waals surface area contributed by atoms with Gasteiger partial charge in [0.25, 0.3) is 0 Å². The molecule has 0 aromatic heterocycles. The third kappa shape index (κ3) is 3.48. The average Bonchev–Trinajstić information content (AvgIpc) is 2.73. The lowest BCUT2D eigenvalue weighted by molar-refractivity contribution is -0.178. The second kappa shape index (κ2) is 5.34. The normalized spacial score (nSPS) is 18.6. The first-order valence-corrected chi connectivity index (χ1v) is 5.31. The topological polar surface area (TPSA) is 61.8 Å². The van der Waals surface area contributed by atoms with Gasteiger partial charge in [0.1, 0.15) is 5.75 Å². The van der Waals surface area contributed by atoms with Gasteiger partial charge in [-0.2, -0.15) is 0 Å². The number of hydrogen-bond acceptors (Lipinski definition) is 5. The lowest BCUT2D eigenvalue weighted by Crippen LogP contribution is -2.22. The number of hydrogen-bond donors (Lipinski definition) is 0. The molecule has 5 heteroatoms. The first-order chi connectivity index (χ1) is 8.24. The largest absolute Gasteiger partial charge is 0.482 e. The summed E-state index contributed by atoms with van der Waals surface area (Å²) in [5.41, 5.74) is 0. The molecule has 1 aromatic carbocycles. The molecule has 0 saturated carbocycles. The summed E-state index contributed by atoms with van der Waals surface area (Å²) in [5, 5.41) is 0. The molecule has 0 radical (unpaired) electrons. The van der Waals surface area contributed by atoms with Gasteiger partial charge < -0.3 is 14.2 Å². The fourth-order valence-corrected chi connectivity index (χ4v) is 1.42. The van der Waals surface area contributed by atoms with Gasteiger partial charge >= 0.3 is 11.9 Å². The molecule has 0 amide bonds. The molecule has 1 atom stereocenters. The molecule has 5 nitrogen and oxygen atoms in total. The molecule has 1 heterocycles. The summed E-state index contributed by atoms with van der Waals surface area (Å²) in [6.07, 6.45) is -0.0534. The molecule has 0 bridgehead atoms. The number of carbonyl (C=O) groups is 2. The molecule has 0 aliphatic carbocycles. The highest BCUT2D eigenvalue weighted by atomic mass is 16.7. The van der Waals surface area contributed by atoms with Gasteiger partial charge in [-0.1, -0.05) is 18.2 Å². The van der Waals surface area contributed by atoms with Gasteiger partial charge in [-0.05, 0) is 12.1 Å². The number of para-hydroxylation sites is 1. The van der Waals surface area contributed by atoms with Gasteiger partial charge in [-0.15, -0.1) is 0 Å². The Kier molecular flexibility index (Phi) is 3.59. The van der Waals surface area contributed by atoms with Crippen LogP contribution in [-0.2, 0) is 19.1 Å². The van der Waals surface area contributed by atoms with Crippen LogP contribution in [0.2, 0.25) is 0 Å². The van der Waals surface area contributed by atoms with Crippen LogP contribution in [0.25, 0.3) is 0 Å². The van der Waals surface area contributed by atoms with E-state index in [0.717, 1.165) is 0 Å². The Bertz CT molecular complexity index is 401.